The molecular formula is C16H15NO2S. The Morgan fingerprint density at radius 2 is 1.55 bits per heavy atom. The Bertz CT molecular complexity index is 743. The summed E-state index contributed by atoms with van der Waals surface area (Å²) in [5, 5.41) is 9.46. The maximum Gasteiger partial charge on any atom is 0.201 e. The van der Waals surface area contributed by atoms with Crippen LogP contribution in [0, 0.1) is 18.3 Å². The smallest absolute Gasteiger partial charge is 0.201 e. The summed E-state index contributed by atoms with van der Waals surface area (Å²) in [4.78, 5) is 0.163. The van der Waals surface area contributed by atoms with Gasteiger partial charge in [-0.3, -0.25) is 0 Å². The van der Waals surface area contributed by atoms with E-state index in [-0.39, 0.29) is 4.90 Å². The summed E-state index contributed by atoms with van der Waals surface area (Å²) in [6.07, 6.45) is 0. The molecule has 1 unspecified atom stereocenters. The van der Waals surface area contributed by atoms with Crippen molar-refractivity contribution in [1.82, 2.24) is 0 Å². The van der Waals surface area contributed by atoms with Gasteiger partial charge in [-0.05, 0) is 31.5 Å². The highest BCUT2D eigenvalue weighted by Gasteiger charge is 2.42. The molecule has 4 heteroatoms. The van der Waals surface area contributed by atoms with E-state index in [0.717, 1.165) is 5.56 Å². The Morgan fingerprint density at radius 1 is 1.00 bits per heavy atom. The molecule has 0 bridgehead atoms. The van der Waals surface area contributed by atoms with Crippen LogP contribution in [0.2, 0.25) is 0 Å². The Kier molecular flexibility index (Phi) is 3.65. The number of hydrogen-bond donors (Lipinski definition) is 0. The molecule has 0 fully saturated rings. The zero-order valence-corrected chi connectivity index (χ0v) is 12.2. The molecule has 0 aliphatic heterocycles. The Balaban J connectivity index is 2.62. The van der Waals surface area contributed by atoms with E-state index in [1.54, 1.807) is 54.6 Å². The molecule has 2 rings (SSSR count). The van der Waals surface area contributed by atoms with Crippen LogP contribution in [0.25, 0.3) is 0 Å². The highest BCUT2D eigenvalue weighted by atomic mass is 32.2. The van der Waals surface area contributed by atoms with Crippen molar-refractivity contribution < 1.29 is 8.42 Å². The lowest BCUT2D eigenvalue weighted by atomic mass is 10.0. The zero-order valence-electron chi connectivity index (χ0n) is 11.4. The van der Waals surface area contributed by atoms with Crippen molar-refractivity contribution in [2.75, 3.05) is 0 Å². The summed E-state index contributed by atoms with van der Waals surface area (Å²) in [5.41, 5.74) is 1.45. The van der Waals surface area contributed by atoms with Gasteiger partial charge >= 0.3 is 0 Å². The SMILES string of the molecule is Cc1ccc(S(=O)(=O)C(C)(C#N)c2ccccc2)cc1. The number of aryl methyl sites for hydroxylation is 1. The van der Waals surface area contributed by atoms with Gasteiger partial charge in [0.25, 0.3) is 0 Å². The molecular weight excluding hydrogens is 270 g/mol. The monoisotopic (exact) mass is 285 g/mol. The van der Waals surface area contributed by atoms with Crippen LogP contribution in [-0.4, -0.2) is 8.42 Å². The average molecular weight is 285 g/mol. The molecule has 3 nitrogen and oxygen atoms in total. The second kappa shape index (κ2) is 5.10. The molecule has 0 saturated carbocycles. The third-order valence-corrected chi connectivity index (χ3v) is 5.70. The second-order valence-electron chi connectivity index (χ2n) is 4.83. The summed E-state index contributed by atoms with van der Waals surface area (Å²) in [6, 6.07) is 17.1. The fraction of sp³-hybridized carbons (Fsp3) is 0.188. The minimum absolute atomic E-state index is 0.163. The lowest BCUT2D eigenvalue weighted by Gasteiger charge is -2.22. The molecule has 20 heavy (non-hydrogen) atoms. The van der Waals surface area contributed by atoms with Gasteiger partial charge in [0.15, 0.2) is 4.75 Å². The quantitative estimate of drug-likeness (QED) is 0.870. The first kappa shape index (κ1) is 14.3. The molecule has 0 saturated heterocycles. The van der Waals surface area contributed by atoms with Crippen molar-refractivity contribution in [1.29, 1.82) is 5.26 Å². The van der Waals surface area contributed by atoms with Gasteiger partial charge in [-0.2, -0.15) is 5.26 Å². The Hall–Kier alpha value is -2.12. The second-order valence-corrected chi connectivity index (χ2v) is 7.12. The fourth-order valence-corrected chi connectivity index (χ4v) is 3.52. The minimum Gasteiger partial charge on any atom is -0.222 e. The molecule has 0 spiro atoms. The van der Waals surface area contributed by atoms with E-state index in [9.17, 15) is 13.7 Å². The molecule has 0 aromatic heterocycles. The van der Waals surface area contributed by atoms with E-state index < -0.39 is 14.6 Å². The van der Waals surface area contributed by atoms with Gasteiger partial charge in [-0.15, -0.1) is 0 Å². The zero-order chi connectivity index (χ0) is 14.8. The van der Waals surface area contributed by atoms with Crippen molar-refractivity contribution in [3.63, 3.8) is 0 Å². The Morgan fingerprint density at radius 3 is 2.05 bits per heavy atom. The van der Waals surface area contributed by atoms with Crippen molar-refractivity contribution >= 4 is 9.84 Å². The molecule has 0 aliphatic carbocycles. The van der Waals surface area contributed by atoms with Crippen LogP contribution in [0.4, 0.5) is 0 Å². The third-order valence-electron chi connectivity index (χ3n) is 3.41. The van der Waals surface area contributed by atoms with Crippen molar-refractivity contribution in [3.8, 4) is 6.07 Å². The minimum atomic E-state index is -3.78. The van der Waals surface area contributed by atoms with Crippen LogP contribution < -0.4 is 0 Å². The first-order valence-electron chi connectivity index (χ1n) is 6.20. The summed E-state index contributed by atoms with van der Waals surface area (Å²) in [6.45, 7) is 3.33. The van der Waals surface area contributed by atoms with E-state index in [1.165, 1.54) is 6.92 Å². The van der Waals surface area contributed by atoms with Crippen LogP contribution in [0.3, 0.4) is 0 Å². The standard InChI is InChI=1S/C16H15NO2S/c1-13-8-10-15(11-9-13)20(18,19)16(2,12-17)14-6-4-3-5-7-14/h3-11H,1-2H3. The number of sulfone groups is 1. The van der Waals surface area contributed by atoms with Crippen LogP contribution in [-0.2, 0) is 14.6 Å². The van der Waals surface area contributed by atoms with E-state index >= 15 is 0 Å². The summed E-state index contributed by atoms with van der Waals surface area (Å²) >= 11 is 0. The van der Waals surface area contributed by atoms with Gasteiger partial charge in [0.2, 0.25) is 9.84 Å². The van der Waals surface area contributed by atoms with Gasteiger partial charge in [0.1, 0.15) is 0 Å². The van der Waals surface area contributed by atoms with Crippen molar-refractivity contribution in [3.05, 3.63) is 65.7 Å². The van der Waals surface area contributed by atoms with Gasteiger partial charge in [-0.1, -0.05) is 48.0 Å². The van der Waals surface area contributed by atoms with E-state index in [0.29, 0.717) is 5.56 Å². The van der Waals surface area contributed by atoms with Crippen LogP contribution in [0.1, 0.15) is 18.1 Å². The average Bonchev–Trinajstić information content (AvgIpc) is 2.47. The first-order valence-corrected chi connectivity index (χ1v) is 7.68. The number of hydrogen-bond acceptors (Lipinski definition) is 3. The van der Waals surface area contributed by atoms with Gasteiger partial charge < -0.3 is 0 Å². The van der Waals surface area contributed by atoms with Gasteiger partial charge in [-0.25, -0.2) is 8.42 Å². The third kappa shape index (κ3) is 2.21. The molecule has 0 radical (unpaired) electrons. The number of rotatable bonds is 3. The number of benzene rings is 2. The lowest BCUT2D eigenvalue weighted by molar-refractivity contribution is 0.571. The van der Waals surface area contributed by atoms with Crippen LogP contribution in [0.15, 0.2) is 59.5 Å². The maximum atomic E-state index is 12.8. The number of nitriles is 1. The number of nitrogens with zero attached hydrogens (tertiary/aromatic N) is 1. The highest BCUT2D eigenvalue weighted by Crippen LogP contribution is 2.34. The lowest BCUT2D eigenvalue weighted by Crippen LogP contribution is -2.31. The Labute approximate surface area is 119 Å². The molecule has 2 aromatic carbocycles. The van der Waals surface area contributed by atoms with E-state index in [4.69, 9.17) is 0 Å². The molecule has 0 amide bonds. The first-order chi connectivity index (χ1) is 9.41. The van der Waals surface area contributed by atoms with Gasteiger partial charge in [0.05, 0.1) is 11.0 Å². The molecule has 102 valence electrons. The maximum absolute atomic E-state index is 12.8. The molecule has 0 aliphatic rings. The van der Waals surface area contributed by atoms with Crippen molar-refractivity contribution in [2.24, 2.45) is 0 Å². The summed E-state index contributed by atoms with van der Waals surface area (Å²) < 4.78 is 24.0. The van der Waals surface area contributed by atoms with Gasteiger partial charge in [0, 0.05) is 0 Å². The van der Waals surface area contributed by atoms with E-state index in [1.807, 2.05) is 13.0 Å². The van der Waals surface area contributed by atoms with Crippen LogP contribution >= 0.6 is 0 Å². The molecule has 0 N–H and O–H groups in total. The van der Waals surface area contributed by atoms with E-state index in [2.05, 4.69) is 0 Å². The topological polar surface area (TPSA) is 57.9 Å². The molecule has 1 atom stereocenters. The molecule has 2 aromatic rings. The van der Waals surface area contributed by atoms with Crippen LogP contribution in [0.5, 0.6) is 0 Å². The highest BCUT2D eigenvalue weighted by molar-refractivity contribution is 7.92. The normalized spacial score (nSPS) is 14.2. The summed E-state index contributed by atoms with van der Waals surface area (Å²) in [7, 11) is -3.78. The largest absolute Gasteiger partial charge is 0.222 e. The fourth-order valence-electron chi connectivity index (χ4n) is 1.99. The predicted molar refractivity (Wildman–Crippen MR) is 77.8 cm³/mol. The molecule has 0 heterocycles. The predicted octanol–water partition coefficient (Wildman–Crippen LogP) is 3.21. The summed E-state index contributed by atoms with van der Waals surface area (Å²) in [5.74, 6) is 0. The van der Waals surface area contributed by atoms with Crippen molar-refractivity contribution in [2.45, 2.75) is 23.5 Å².